The van der Waals surface area contributed by atoms with Crippen LogP contribution >= 0.6 is 0 Å². The highest BCUT2D eigenvalue weighted by molar-refractivity contribution is 5.79. The summed E-state index contributed by atoms with van der Waals surface area (Å²) in [5, 5.41) is 19.9. The molecule has 1 aromatic heterocycles. The van der Waals surface area contributed by atoms with Crippen LogP contribution in [0.5, 0.6) is 5.75 Å². The van der Waals surface area contributed by atoms with E-state index in [1.54, 1.807) is 6.92 Å². The number of aliphatic hydroxyl groups excluding tert-OH is 1. The number of hydrogen-bond acceptors (Lipinski definition) is 6. The second-order valence-electron chi connectivity index (χ2n) is 6.29. The van der Waals surface area contributed by atoms with E-state index < -0.39 is 18.0 Å². The highest BCUT2D eigenvalue weighted by Crippen LogP contribution is 2.41. The van der Waals surface area contributed by atoms with Gasteiger partial charge >= 0.3 is 0 Å². The van der Waals surface area contributed by atoms with Crippen molar-refractivity contribution in [2.75, 3.05) is 7.11 Å². The van der Waals surface area contributed by atoms with Crippen LogP contribution in [0.25, 0.3) is 0 Å². The second-order valence-corrected chi connectivity index (χ2v) is 6.29. The molecule has 25 heavy (non-hydrogen) atoms. The molecule has 0 bridgehead atoms. The number of amides is 1. The zero-order chi connectivity index (χ0) is 18.0. The van der Waals surface area contributed by atoms with Crippen LogP contribution in [0.4, 0.5) is 4.39 Å². The molecule has 1 fully saturated rings. The van der Waals surface area contributed by atoms with Gasteiger partial charge in [0, 0.05) is 5.56 Å². The van der Waals surface area contributed by atoms with Gasteiger partial charge in [-0.2, -0.15) is 0 Å². The number of carbonyl (C=O) groups is 1. The summed E-state index contributed by atoms with van der Waals surface area (Å²) in [6, 6.07) is 3.74. The molecule has 0 radical (unpaired) electrons. The van der Waals surface area contributed by atoms with Gasteiger partial charge in [-0.05, 0) is 43.9 Å². The first-order valence-electron chi connectivity index (χ1n) is 8.06. The van der Waals surface area contributed by atoms with Crippen LogP contribution in [-0.2, 0) is 11.2 Å². The number of rotatable bonds is 6. The fourth-order valence-corrected chi connectivity index (χ4v) is 3.09. The molecule has 8 heteroatoms. The van der Waals surface area contributed by atoms with Crippen molar-refractivity contribution >= 4 is 5.91 Å². The molecule has 1 aliphatic rings. The molecule has 1 aromatic carbocycles. The zero-order valence-electron chi connectivity index (χ0n) is 14.0. The Kier molecular flexibility index (Phi) is 4.98. The van der Waals surface area contributed by atoms with E-state index in [9.17, 15) is 14.3 Å². The minimum absolute atomic E-state index is 0.00572. The van der Waals surface area contributed by atoms with E-state index in [0.717, 1.165) is 0 Å². The van der Waals surface area contributed by atoms with E-state index in [0.29, 0.717) is 35.5 Å². The van der Waals surface area contributed by atoms with E-state index in [1.807, 2.05) is 0 Å². The summed E-state index contributed by atoms with van der Waals surface area (Å²) in [6.07, 6.45) is 0.689. The summed E-state index contributed by atoms with van der Waals surface area (Å²) in [5.41, 5.74) is 1.56. The smallest absolute Gasteiger partial charge is 0.226 e. The second kappa shape index (κ2) is 7.18. The fraction of sp³-hybridized carbons (Fsp3) is 0.471. The lowest BCUT2D eigenvalue weighted by Crippen LogP contribution is -2.42. The summed E-state index contributed by atoms with van der Waals surface area (Å²) < 4.78 is 23.7. The lowest BCUT2D eigenvalue weighted by Gasteiger charge is -2.38. The number of halogens is 1. The van der Waals surface area contributed by atoms with Gasteiger partial charge in [0.05, 0.1) is 25.7 Å². The summed E-state index contributed by atoms with van der Waals surface area (Å²) in [7, 11) is 1.50. The molecule has 0 saturated heterocycles. The summed E-state index contributed by atoms with van der Waals surface area (Å²) in [4.78, 5) is 12.4. The quantitative estimate of drug-likeness (QED) is 0.824. The van der Waals surface area contributed by atoms with Crippen LogP contribution in [0.1, 0.15) is 35.8 Å². The predicted octanol–water partition coefficient (Wildman–Crippen LogP) is 1.70. The van der Waals surface area contributed by atoms with Crippen molar-refractivity contribution in [3.8, 4) is 5.75 Å². The van der Waals surface area contributed by atoms with E-state index in [1.165, 1.54) is 25.3 Å². The van der Waals surface area contributed by atoms with Crippen LogP contribution < -0.4 is 10.1 Å². The molecule has 7 nitrogen and oxygen atoms in total. The van der Waals surface area contributed by atoms with Gasteiger partial charge in [-0.15, -0.1) is 0 Å². The Balaban J connectivity index is 1.82. The van der Waals surface area contributed by atoms with Gasteiger partial charge in [0.2, 0.25) is 5.91 Å². The van der Waals surface area contributed by atoms with Crippen molar-refractivity contribution in [1.29, 1.82) is 0 Å². The lowest BCUT2D eigenvalue weighted by atomic mass is 9.74. The van der Waals surface area contributed by atoms with Crippen LogP contribution in [-0.4, -0.2) is 34.5 Å². The number of aromatic nitrogens is 2. The Labute approximate surface area is 144 Å². The van der Waals surface area contributed by atoms with Crippen molar-refractivity contribution < 1.29 is 23.7 Å². The molecule has 0 unspecified atom stereocenters. The summed E-state index contributed by atoms with van der Waals surface area (Å²) in [5.74, 6) is -0.193. The number of methoxy groups -OCH3 is 1. The molecule has 2 aromatic rings. The largest absolute Gasteiger partial charge is 0.496 e. The number of ether oxygens (including phenoxy) is 1. The first kappa shape index (κ1) is 17.3. The lowest BCUT2D eigenvalue weighted by molar-refractivity contribution is -0.122. The Hall–Kier alpha value is -2.48. The Morgan fingerprint density at radius 2 is 2.24 bits per heavy atom. The van der Waals surface area contributed by atoms with E-state index in [4.69, 9.17) is 4.74 Å². The molecule has 0 spiro atoms. The Morgan fingerprint density at radius 1 is 1.48 bits per heavy atom. The molecule has 1 atom stereocenters. The third-order valence-corrected chi connectivity index (χ3v) is 4.54. The number of benzene rings is 1. The molecule has 1 heterocycles. The number of aryl methyl sites for hydroxylation is 1. The average molecular weight is 349 g/mol. The SMILES string of the molecule is COc1ccc(F)cc1[C@H](NC(=O)Cc1nonc1C)C1CC(O)C1. The predicted molar refractivity (Wildman–Crippen MR) is 85.3 cm³/mol. The van der Waals surface area contributed by atoms with Crippen LogP contribution in [0.3, 0.4) is 0 Å². The van der Waals surface area contributed by atoms with Crippen LogP contribution in [0.15, 0.2) is 22.8 Å². The molecular formula is C17H20FN3O4. The minimum atomic E-state index is -0.457. The molecule has 1 saturated carbocycles. The molecule has 1 aliphatic carbocycles. The Morgan fingerprint density at radius 3 is 2.84 bits per heavy atom. The van der Waals surface area contributed by atoms with Crippen LogP contribution in [0.2, 0.25) is 0 Å². The molecule has 1 amide bonds. The monoisotopic (exact) mass is 349 g/mol. The number of nitrogens with zero attached hydrogens (tertiary/aromatic N) is 2. The van der Waals surface area contributed by atoms with E-state index in [2.05, 4.69) is 20.3 Å². The highest BCUT2D eigenvalue weighted by atomic mass is 19.1. The summed E-state index contributed by atoms with van der Waals surface area (Å²) >= 11 is 0. The minimum Gasteiger partial charge on any atom is -0.496 e. The maximum atomic E-state index is 13.8. The van der Waals surface area contributed by atoms with E-state index >= 15 is 0 Å². The maximum Gasteiger partial charge on any atom is 0.226 e. The maximum absolute atomic E-state index is 13.8. The van der Waals surface area contributed by atoms with Crippen molar-refractivity contribution in [2.45, 2.75) is 38.3 Å². The molecule has 3 rings (SSSR count). The number of aliphatic hydroxyl groups is 1. The van der Waals surface area contributed by atoms with Gasteiger partial charge in [-0.1, -0.05) is 10.3 Å². The van der Waals surface area contributed by atoms with Crippen molar-refractivity contribution in [1.82, 2.24) is 15.6 Å². The van der Waals surface area contributed by atoms with Gasteiger partial charge in [0.1, 0.15) is 23.0 Å². The standard InChI is InChI=1S/C17H20FN3O4/c1-9-14(21-25-20-9)8-16(23)19-17(10-5-12(22)6-10)13-7-11(18)3-4-15(13)24-2/h3-4,7,10,12,17,22H,5-6,8H2,1-2H3,(H,19,23)/t10?,12?,17-/m1/s1. The van der Waals surface area contributed by atoms with Crippen LogP contribution in [0, 0.1) is 18.7 Å². The van der Waals surface area contributed by atoms with Gasteiger partial charge in [0.25, 0.3) is 0 Å². The topological polar surface area (TPSA) is 97.5 Å². The number of carbonyl (C=O) groups excluding carboxylic acids is 1. The van der Waals surface area contributed by atoms with Gasteiger partial charge < -0.3 is 15.2 Å². The normalized spacial score (nSPS) is 20.6. The first-order chi connectivity index (χ1) is 12.0. The molecule has 134 valence electrons. The number of nitrogens with one attached hydrogen (secondary N) is 1. The first-order valence-corrected chi connectivity index (χ1v) is 8.06. The highest BCUT2D eigenvalue weighted by Gasteiger charge is 2.37. The third kappa shape index (κ3) is 3.79. The number of hydrogen-bond donors (Lipinski definition) is 2. The average Bonchev–Trinajstić information content (AvgIpc) is 2.95. The Bertz CT molecular complexity index is 758. The van der Waals surface area contributed by atoms with Crippen molar-refractivity contribution in [3.05, 3.63) is 41.0 Å². The van der Waals surface area contributed by atoms with Gasteiger partial charge in [0.15, 0.2) is 0 Å². The summed E-state index contributed by atoms with van der Waals surface area (Å²) in [6.45, 7) is 1.70. The van der Waals surface area contributed by atoms with Crippen molar-refractivity contribution in [2.24, 2.45) is 5.92 Å². The third-order valence-electron chi connectivity index (χ3n) is 4.54. The zero-order valence-corrected chi connectivity index (χ0v) is 14.0. The van der Waals surface area contributed by atoms with E-state index in [-0.39, 0.29) is 18.2 Å². The van der Waals surface area contributed by atoms with Gasteiger partial charge in [-0.3, -0.25) is 4.79 Å². The molecule has 2 N–H and O–H groups in total. The van der Waals surface area contributed by atoms with Gasteiger partial charge in [-0.25, -0.2) is 9.02 Å². The van der Waals surface area contributed by atoms with Crippen molar-refractivity contribution in [3.63, 3.8) is 0 Å². The molecular weight excluding hydrogens is 329 g/mol. The molecule has 0 aliphatic heterocycles. The fourth-order valence-electron chi connectivity index (χ4n) is 3.09.